The van der Waals surface area contributed by atoms with Crippen LogP contribution in [0.5, 0.6) is 0 Å². The summed E-state index contributed by atoms with van der Waals surface area (Å²) in [6, 6.07) is 10.8. The number of aromatic nitrogens is 2. The molecule has 118 valence electrons. The van der Waals surface area contributed by atoms with Gasteiger partial charge in [-0.05, 0) is 42.0 Å². The lowest BCUT2D eigenvalue weighted by molar-refractivity contribution is -0.137. The third-order valence-corrected chi connectivity index (χ3v) is 4.03. The topological polar surface area (TPSA) is 17.8 Å². The van der Waals surface area contributed by atoms with E-state index in [1.807, 2.05) is 29.8 Å². The van der Waals surface area contributed by atoms with Gasteiger partial charge in [0, 0.05) is 11.5 Å². The van der Waals surface area contributed by atoms with Crippen molar-refractivity contribution < 1.29 is 13.2 Å². The van der Waals surface area contributed by atoms with Crippen molar-refractivity contribution in [2.24, 2.45) is 7.05 Å². The molecule has 0 spiro atoms. The Kier molecular flexibility index (Phi) is 4.02. The van der Waals surface area contributed by atoms with Crippen LogP contribution in [0.2, 0.25) is 0 Å². The third kappa shape index (κ3) is 3.32. The SMILES string of the molecule is Cn1c(/C=C/c2ccc(C(F)(F)F)cc2)nc2ccc(Br)cc21. The largest absolute Gasteiger partial charge is 0.416 e. The van der Waals surface area contributed by atoms with Crippen LogP contribution >= 0.6 is 15.9 Å². The summed E-state index contributed by atoms with van der Waals surface area (Å²) >= 11 is 3.42. The molecule has 0 fully saturated rings. The maximum atomic E-state index is 12.5. The number of aryl methyl sites for hydroxylation is 1. The summed E-state index contributed by atoms with van der Waals surface area (Å²) in [4.78, 5) is 4.50. The van der Waals surface area contributed by atoms with Crippen LogP contribution in [0, 0.1) is 0 Å². The van der Waals surface area contributed by atoms with Gasteiger partial charge in [0.1, 0.15) is 5.82 Å². The van der Waals surface area contributed by atoms with E-state index in [-0.39, 0.29) is 0 Å². The summed E-state index contributed by atoms with van der Waals surface area (Å²) in [5.74, 6) is 0.734. The Hall–Kier alpha value is -2.08. The van der Waals surface area contributed by atoms with E-state index in [1.54, 1.807) is 12.2 Å². The molecule has 0 unspecified atom stereocenters. The minimum absolute atomic E-state index is 0.651. The summed E-state index contributed by atoms with van der Waals surface area (Å²) in [5, 5.41) is 0. The monoisotopic (exact) mass is 380 g/mol. The Morgan fingerprint density at radius 3 is 2.39 bits per heavy atom. The molecule has 0 aliphatic rings. The molecule has 0 N–H and O–H groups in total. The molecule has 0 saturated carbocycles. The molecule has 23 heavy (non-hydrogen) atoms. The number of fused-ring (bicyclic) bond motifs is 1. The van der Waals surface area contributed by atoms with Gasteiger partial charge >= 0.3 is 6.18 Å². The van der Waals surface area contributed by atoms with E-state index in [1.165, 1.54) is 12.1 Å². The smallest absolute Gasteiger partial charge is 0.328 e. The molecule has 0 atom stereocenters. The van der Waals surface area contributed by atoms with Crippen molar-refractivity contribution in [1.82, 2.24) is 9.55 Å². The molecule has 2 nitrogen and oxygen atoms in total. The molecule has 0 saturated heterocycles. The van der Waals surface area contributed by atoms with Crippen LogP contribution < -0.4 is 0 Å². The van der Waals surface area contributed by atoms with Crippen molar-refractivity contribution >= 4 is 39.1 Å². The average molecular weight is 381 g/mol. The highest BCUT2D eigenvalue weighted by atomic mass is 79.9. The number of nitrogens with zero attached hydrogens (tertiary/aromatic N) is 2. The van der Waals surface area contributed by atoms with E-state index in [2.05, 4.69) is 20.9 Å². The summed E-state index contributed by atoms with van der Waals surface area (Å²) in [6.07, 6.45) is -0.778. The fourth-order valence-electron chi connectivity index (χ4n) is 2.28. The zero-order valence-electron chi connectivity index (χ0n) is 12.1. The van der Waals surface area contributed by atoms with E-state index >= 15 is 0 Å². The van der Waals surface area contributed by atoms with Crippen molar-refractivity contribution in [3.05, 3.63) is 63.9 Å². The van der Waals surface area contributed by atoms with E-state index < -0.39 is 11.7 Å². The molecule has 1 heterocycles. The molecule has 6 heteroatoms. The Labute approximate surface area is 139 Å². The second-order valence-corrected chi connectivity index (χ2v) is 6.03. The number of benzene rings is 2. The first-order valence-corrected chi connectivity index (χ1v) is 7.61. The van der Waals surface area contributed by atoms with Crippen LogP contribution in [-0.2, 0) is 13.2 Å². The second kappa shape index (κ2) is 5.85. The lowest BCUT2D eigenvalue weighted by Gasteiger charge is -2.05. The van der Waals surface area contributed by atoms with Gasteiger partial charge in [-0.3, -0.25) is 0 Å². The second-order valence-electron chi connectivity index (χ2n) is 5.12. The lowest BCUT2D eigenvalue weighted by Crippen LogP contribution is -2.03. The number of halogens is 4. The molecule has 0 bridgehead atoms. The van der Waals surface area contributed by atoms with Crippen molar-refractivity contribution in [3.63, 3.8) is 0 Å². The zero-order chi connectivity index (χ0) is 16.6. The van der Waals surface area contributed by atoms with Crippen LogP contribution in [0.1, 0.15) is 17.0 Å². The molecule has 0 amide bonds. The van der Waals surface area contributed by atoms with Gasteiger partial charge in [-0.1, -0.05) is 34.1 Å². The van der Waals surface area contributed by atoms with Crippen molar-refractivity contribution in [2.75, 3.05) is 0 Å². The van der Waals surface area contributed by atoms with Crippen LogP contribution in [0.3, 0.4) is 0 Å². The lowest BCUT2D eigenvalue weighted by atomic mass is 10.1. The number of hydrogen-bond donors (Lipinski definition) is 0. The summed E-state index contributed by atoms with van der Waals surface area (Å²) in [5.41, 5.74) is 1.88. The molecular weight excluding hydrogens is 369 g/mol. The Bertz CT molecular complexity index is 877. The highest BCUT2D eigenvalue weighted by Gasteiger charge is 2.29. The maximum absolute atomic E-state index is 12.5. The van der Waals surface area contributed by atoms with Gasteiger partial charge < -0.3 is 4.57 Å². The van der Waals surface area contributed by atoms with Crippen molar-refractivity contribution in [1.29, 1.82) is 0 Å². The van der Waals surface area contributed by atoms with Crippen LogP contribution in [0.4, 0.5) is 13.2 Å². The minimum atomic E-state index is -4.31. The molecular formula is C17H12BrF3N2. The molecule has 0 radical (unpaired) electrons. The average Bonchev–Trinajstić information content (AvgIpc) is 2.81. The fourth-order valence-corrected chi connectivity index (χ4v) is 2.63. The van der Waals surface area contributed by atoms with Crippen molar-refractivity contribution in [3.8, 4) is 0 Å². The summed E-state index contributed by atoms with van der Waals surface area (Å²) < 4.78 is 40.5. The molecule has 3 rings (SSSR count). The first kappa shape index (κ1) is 15.8. The predicted octanol–water partition coefficient (Wildman–Crippen LogP) is 5.53. The Balaban J connectivity index is 1.89. The third-order valence-electron chi connectivity index (χ3n) is 3.54. The quantitative estimate of drug-likeness (QED) is 0.571. The zero-order valence-corrected chi connectivity index (χ0v) is 13.7. The number of hydrogen-bond acceptors (Lipinski definition) is 1. The molecule has 1 aromatic heterocycles. The van der Waals surface area contributed by atoms with E-state index in [4.69, 9.17) is 0 Å². The van der Waals surface area contributed by atoms with Gasteiger partial charge in [0.15, 0.2) is 0 Å². The fraction of sp³-hybridized carbons (Fsp3) is 0.118. The summed E-state index contributed by atoms with van der Waals surface area (Å²) in [7, 11) is 1.90. The maximum Gasteiger partial charge on any atom is 0.416 e. The van der Waals surface area contributed by atoms with Crippen LogP contribution in [0.15, 0.2) is 46.9 Å². The Morgan fingerprint density at radius 1 is 1.04 bits per heavy atom. The van der Waals surface area contributed by atoms with Gasteiger partial charge in [0.25, 0.3) is 0 Å². The number of alkyl halides is 3. The molecule has 0 aliphatic carbocycles. The number of rotatable bonds is 2. The van der Waals surface area contributed by atoms with Crippen molar-refractivity contribution in [2.45, 2.75) is 6.18 Å². The van der Waals surface area contributed by atoms with Gasteiger partial charge in [-0.15, -0.1) is 0 Å². The highest BCUT2D eigenvalue weighted by molar-refractivity contribution is 9.10. The van der Waals surface area contributed by atoms with Crippen LogP contribution in [0.25, 0.3) is 23.2 Å². The predicted molar refractivity (Wildman–Crippen MR) is 88.8 cm³/mol. The van der Waals surface area contributed by atoms with E-state index in [9.17, 15) is 13.2 Å². The van der Waals surface area contributed by atoms with E-state index in [0.29, 0.717) is 5.56 Å². The molecule has 0 aliphatic heterocycles. The minimum Gasteiger partial charge on any atom is -0.328 e. The summed E-state index contributed by atoms with van der Waals surface area (Å²) in [6.45, 7) is 0. The van der Waals surface area contributed by atoms with Gasteiger partial charge in [-0.25, -0.2) is 4.98 Å². The first-order chi connectivity index (χ1) is 10.8. The van der Waals surface area contributed by atoms with Crippen LogP contribution in [-0.4, -0.2) is 9.55 Å². The molecule has 3 aromatic rings. The standard InChI is InChI=1S/C17H12BrF3N2/c1-23-15-10-13(18)7-8-14(15)22-16(23)9-4-11-2-5-12(6-3-11)17(19,20)21/h2-10H,1H3/b9-4+. The van der Waals surface area contributed by atoms with Gasteiger partial charge in [-0.2, -0.15) is 13.2 Å². The number of imidazole rings is 1. The normalized spacial score (nSPS) is 12.4. The van der Waals surface area contributed by atoms with E-state index in [0.717, 1.165) is 33.5 Å². The molecule has 2 aromatic carbocycles. The first-order valence-electron chi connectivity index (χ1n) is 6.82. The Morgan fingerprint density at radius 2 is 1.74 bits per heavy atom. The highest BCUT2D eigenvalue weighted by Crippen LogP contribution is 2.29. The van der Waals surface area contributed by atoms with Gasteiger partial charge in [0.05, 0.1) is 16.6 Å². The van der Waals surface area contributed by atoms with Gasteiger partial charge in [0.2, 0.25) is 0 Å².